The van der Waals surface area contributed by atoms with Gasteiger partial charge in [0, 0.05) is 5.69 Å². The van der Waals surface area contributed by atoms with Gasteiger partial charge < -0.3 is 10.2 Å². The maximum Gasteiger partial charge on any atom is 0.297 e. The van der Waals surface area contributed by atoms with Gasteiger partial charge in [0.2, 0.25) is 17.2 Å². The molecule has 1 aliphatic rings. The van der Waals surface area contributed by atoms with Crippen molar-refractivity contribution in [3.05, 3.63) is 33.5 Å². The molecule has 0 spiro atoms. The zero-order valence-electron chi connectivity index (χ0n) is 15.0. The molecule has 0 saturated carbocycles. The molecule has 0 aliphatic heterocycles. The van der Waals surface area contributed by atoms with Crippen molar-refractivity contribution in [3.63, 3.8) is 0 Å². The van der Waals surface area contributed by atoms with E-state index >= 15 is 0 Å². The Morgan fingerprint density at radius 1 is 1.31 bits per heavy atom. The molecule has 3 aromatic heterocycles. The summed E-state index contributed by atoms with van der Waals surface area (Å²) in [5.41, 5.74) is 9.53. The summed E-state index contributed by atoms with van der Waals surface area (Å²) in [6.45, 7) is 4.12. The molecule has 0 aromatic carbocycles. The fourth-order valence-electron chi connectivity index (χ4n) is 3.87. The van der Waals surface area contributed by atoms with Crippen LogP contribution in [0.1, 0.15) is 43.5 Å². The number of nitrogens with two attached hydrogens (primary N) is 1. The van der Waals surface area contributed by atoms with E-state index in [4.69, 9.17) is 15.1 Å². The summed E-state index contributed by atoms with van der Waals surface area (Å²) in [7, 11) is 0. The summed E-state index contributed by atoms with van der Waals surface area (Å²) in [5.74, 6) is -0.111. The van der Waals surface area contributed by atoms with Crippen LogP contribution in [0.4, 0.5) is 0 Å². The number of furan rings is 1. The van der Waals surface area contributed by atoms with Gasteiger partial charge in [0.25, 0.3) is 5.56 Å². The molecule has 4 rings (SSSR count). The van der Waals surface area contributed by atoms with Crippen molar-refractivity contribution in [1.82, 2.24) is 14.5 Å². The molecule has 0 bridgehead atoms. The van der Waals surface area contributed by atoms with Crippen LogP contribution in [0, 0.1) is 5.92 Å². The van der Waals surface area contributed by atoms with E-state index in [1.807, 2.05) is 0 Å². The Morgan fingerprint density at radius 3 is 2.73 bits per heavy atom. The van der Waals surface area contributed by atoms with E-state index in [0.717, 1.165) is 43.2 Å². The molecule has 2 N–H and O–H groups in total. The van der Waals surface area contributed by atoms with Crippen molar-refractivity contribution in [3.8, 4) is 0 Å². The quantitative estimate of drug-likeness (QED) is 0.772. The lowest BCUT2D eigenvalue weighted by Gasteiger charge is -2.20. The van der Waals surface area contributed by atoms with Crippen LogP contribution in [0.2, 0.25) is 0 Å². The molecule has 1 aliphatic carbocycles. The lowest BCUT2D eigenvalue weighted by Crippen LogP contribution is -2.27. The Hall–Kier alpha value is -2.70. The van der Waals surface area contributed by atoms with Gasteiger partial charge in [-0.25, -0.2) is 9.97 Å². The molecule has 0 radical (unpaired) electrons. The molecule has 1 amide bonds. The third kappa shape index (κ3) is 2.67. The maximum atomic E-state index is 12.7. The van der Waals surface area contributed by atoms with Crippen LogP contribution in [-0.4, -0.2) is 20.4 Å². The Bertz CT molecular complexity index is 1080. The minimum absolute atomic E-state index is 0.144. The predicted molar refractivity (Wildman–Crippen MR) is 97.9 cm³/mol. The first kappa shape index (κ1) is 16.8. The predicted octanol–water partition coefficient (Wildman–Crippen LogP) is 2.10. The van der Waals surface area contributed by atoms with Gasteiger partial charge in [-0.05, 0) is 49.1 Å². The SMILES string of the molecule is CC(C)Cc1nc2oc3c(=O)n(CC(N)=O)cnc3c2c2c1CCCC2. The van der Waals surface area contributed by atoms with Crippen LogP contribution >= 0.6 is 0 Å². The summed E-state index contributed by atoms with van der Waals surface area (Å²) in [5, 5.41) is 0.852. The van der Waals surface area contributed by atoms with Crippen LogP contribution in [0.3, 0.4) is 0 Å². The molecule has 7 nitrogen and oxygen atoms in total. The van der Waals surface area contributed by atoms with E-state index in [0.29, 0.717) is 17.1 Å². The van der Waals surface area contributed by atoms with Gasteiger partial charge >= 0.3 is 0 Å². The first-order chi connectivity index (χ1) is 12.5. The third-order valence-electron chi connectivity index (χ3n) is 4.93. The zero-order chi connectivity index (χ0) is 18.4. The smallest absolute Gasteiger partial charge is 0.297 e. The molecule has 0 unspecified atom stereocenters. The highest BCUT2D eigenvalue weighted by atomic mass is 16.3. The van der Waals surface area contributed by atoms with Crippen molar-refractivity contribution < 1.29 is 9.21 Å². The second kappa shape index (κ2) is 6.23. The van der Waals surface area contributed by atoms with E-state index in [2.05, 4.69) is 18.8 Å². The van der Waals surface area contributed by atoms with Gasteiger partial charge in [0.1, 0.15) is 12.1 Å². The van der Waals surface area contributed by atoms with Crippen molar-refractivity contribution in [2.45, 2.75) is 52.5 Å². The van der Waals surface area contributed by atoms with Gasteiger partial charge in [0.05, 0.1) is 11.7 Å². The molecule has 136 valence electrons. The number of fused-ring (bicyclic) bond motifs is 5. The van der Waals surface area contributed by atoms with Crippen LogP contribution in [0.25, 0.3) is 22.2 Å². The molecular formula is C19H22N4O3. The van der Waals surface area contributed by atoms with E-state index in [9.17, 15) is 9.59 Å². The lowest BCUT2D eigenvalue weighted by atomic mass is 9.87. The number of carbonyl (C=O) groups is 1. The fraction of sp³-hybridized carbons (Fsp3) is 0.474. The molecular weight excluding hydrogens is 332 g/mol. The van der Waals surface area contributed by atoms with E-state index in [1.54, 1.807) is 0 Å². The monoisotopic (exact) mass is 354 g/mol. The molecule has 0 atom stereocenters. The Morgan fingerprint density at radius 2 is 2.04 bits per heavy atom. The van der Waals surface area contributed by atoms with Crippen LogP contribution in [0.15, 0.2) is 15.5 Å². The summed E-state index contributed by atoms with van der Waals surface area (Å²) in [6, 6.07) is 0. The largest absolute Gasteiger partial charge is 0.430 e. The third-order valence-corrected chi connectivity index (χ3v) is 4.93. The zero-order valence-corrected chi connectivity index (χ0v) is 15.0. The van der Waals surface area contributed by atoms with Gasteiger partial charge in [-0.1, -0.05) is 13.8 Å². The molecule has 0 fully saturated rings. The normalized spacial score (nSPS) is 14.3. The number of hydrogen-bond donors (Lipinski definition) is 1. The van der Waals surface area contributed by atoms with E-state index in [1.165, 1.54) is 22.0 Å². The van der Waals surface area contributed by atoms with Crippen molar-refractivity contribution in [2.24, 2.45) is 11.7 Å². The first-order valence-electron chi connectivity index (χ1n) is 9.06. The highest BCUT2D eigenvalue weighted by molar-refractivity contribution is 6.03. The number of aromatic nitrogens is 3. The van der Waals surface area contributed by atoms with Crippen molar-refractivity contribution >= 4 is 28.1 Å². The highest BCUT2D eigenvalue weighted by Gasteiger charge is 2.24. The first-order valence-corrected chi connectivity index (χ1v) is 9.06. The van der Waals surface area contributed by atoms with E-state index < -0.39 is 11.5 Å². The van der Waals surface area contributed by atoms with Gasteiger partial charge in [-0.2, -0.15) is 0 Å². The summed E-state index contributed by atoms with van der Waals surface area (Å²) < 4.78 is 7.01. The number of primary amides is 1. The van der Waals surface area contributed by atoms with Crippen LogP contribution < -0.4 is 11.3 Å². The van der Waals surface area contributed by atoms with E-state index in [-0.39, 0.29) is 12.1 Å². The Labute approximate surface area is 150 Å². The molecule has 0 saturated heterocycles. The number of carbonyl (C=O) groups excluding carboxylic acids is 1. The van der Waals surface area contributed by atoms with Gasteiger partial charge in [0.15, 0.2) is 0 Å². The lowest BCUT2D eigenvalue weighted by molar-refractivity contribution is -0.118. The van der Waals surface area contributed by atoms with Crippen molar-refractivity contribution in [1.29, 1.82) is 0 Å². The molecule has 26 heavy (non-hydrogen) atoms. The summed E-state index contributed by atoms with van der Waals surface area (Å²) in [4.78, 5) is 33.0. The second-order valence-electron chi connectivity index (χ2n) is 7.42. The number of pyridine rings is 1. The molecule has 7 heteroatoms. The number of amides is 1. The Kier molecular flexibility index (Phi) is 4.01. The molecule has 3 heterocycles. The minimum Gasteiger partial charge on any atom is -0.430 e. The fourth-order valence-corrected chi connectivity index (χ4v) is 3.87. The van der Waals surface area contributed by atoms with Crippen LogP contribution in [0.5, 0.6) is 0 Å². The highest BCUT2D eigenvalue weighted by Crippen LogP contribution is 2.35. The second-order valence-corrected chi connectivity index (χ2v) is 7.42. The minimum atomic E-state index is -0.598. The van der Waals surface area contributed by atoms with Gasteiger partial charge in [-0.15, -0.1) is 0 Å². The average Bonchev–Trinajstić information content (AvgIpc) is 2.96. The standard InChI is InChI=1S/C19H22N4O3/c1-10(2)7-13-11-5-3-4-6-12(11)15-16-17(26-18(15)22-13)19(25)23(9-21-16)8-14(20)24/h9-10H,3-8H2,1-2H3,(H2,20,24). The number of nitrogens with zero attached hydrogens (tertiary/aromatic N) is 3. The summed E-state index contributed by atoms with van der Waals surface area (Å²) in [6.07, 6.45) is 6.46. The number of rotatable bonds is 4. The average molecular weight is 354 g/mol. The molecule has 3 aromatic rings. The summed E-state index contributed by atoms with van der Waals surface area (Å²) >= 11 is 0. The number of hydrogen-bond acceptors (Lipinski definition) is 5. The van der Waals surface area contributed by atoms with Crippen LogP contribution in [-0.2, 0) is 30.6 Å². The van der Waals surface area contributed by atoms with Crippen molar-refractivity contribution in [2.75, 3.05) is 0 Å². The number of aryl methyl sites for hydroxylation is 1. The topological polar surface area (TPSA) is 104 Å². The van der Waals surface area contributed by atoms with Gasteiger partial charge in [-0.3, -0.25) is 14.2 Å². The maximum absolute atomic E-state index is 12.7. The Balaban J connectivity index is 2.01.